The van der Waals surface area contributed by atoms with Crippen LogP contribution in [0.25, 0.3) is 0 Å². The van der Waals surface area contributed by atoms with Gasteiger partial charge in [-0.25, -0.2) is 8.42 Å². The molecule has 3 aromatic carbocycles. The van der Waals surface area contributed by atoms with Crippen molar-refractivity contribution in [3.63, 3.8) is 0 Å². The summed E-state index contributed by atoms with van der Waals surface area (Å²) in [7, 11) is -2.52. The third kappa shape index (κ3) is 7.23. The predicted molar refractivity (Wildman–Crippen MR) is 143 cm³/mol. The third-order valence-corrected chi connectivity index (χ3v) is 8.11. The largest absolute Gasteiger partial charge is 0.497 e. The minimum absolute atomic E-state index is 0.0481. The molecule has 1 heterocycles. The molecule has 0 aliphatic carbocycles. The number of halogens is 1. The number of benzene rings is 3. The van der Waals surface area contributed by atoms with Crippen LogP contribution in [0.3, 0.4) is 0 Å². The van der Waals surface area contributed by atoms with Crippen molar-refractivity contribution < 1.29 is 22.7 Å². The van der Waals surface area contributed by atoms with Gasteiger partial charge in [0, 0.05) is 31.2 Å². The SMILES string of the molecule is COc1ccc(S(=O)(=O)N(CC(=O)NCc2ccc(CN3CCOCC3)cc2)c2ccc(Cl)cc2)cc1. The molecular weight excluding hydrogens is 514 g/mol. The van der Waals surface area contributed by atoms with Crippen molar-refractivity contribution in [2.45, 2.75) is 18.0 Å². The molecule has 0 radical (unpaired) electrons. The highest BCUT2D eigenvalue weighted by atomic mass is 35.5. The van der Waals surface area contributed by atoms with Crippen LogP contribution in [-0.2, 0) is 32.6 Å². The molecule has 196 valence electrons. The number of methoxy groups -OCH3 is 1. The molecule has 0 atom stereocenters. The maximum Gasteiger partial charge on any atom is 0.264 e. The van der Waals surface area contributed by atoms with Gasteiger partial charge in [0.15, 0.2) is 0 Å². The maximum atomic E-state index is 13.5. The van der Waals surface area contributed by atoms with Crippen LogP contribution >= 0.6 is 11.6 Å². The Kier molecular flexibility index (Phi) is 9.04. The number of nitrogens with one attached hydrogen (secondary N) is 1. The van der Waals surface area contributed by atoms with Gasteiger partial charge in [-0.05, 0) is 59.7 Å². The smallest absolute Gasteiger partial charge is 0.264 e. The van der Waals surface area contributed by atoms with Gasteiger partial charge in [0.1, 0.15) is 12.3 Å². The fourth-order valence-electron chi connectivity index (χ4n) is 3.96. The number of carbonyl (C=O) groups excluding carboxylic acids is 1. The molecule has 1 amide bonds. The monoisotopic (exact) mass is 543 g/mol. The summed E-state index contributed by atoms with van der Waals surface area (Å²) in [5.74, 6) is 0.107. The number of morpholine rings is 1. The molecule has 8 nitrogen and oxygen atoms in total. The molecule has 0 aromatic heterocycles. The predicted octanol–water partition coefficient (Wildman–Crippen LogP) is 3.69. The topological polar surface area (TPSA) is 88.2 Å². The lowest BCUT2D eigenvalue weighted by Crippen LogP contribution is -2.40. The van der Waals surface area contributed by atoms with E-state index in [0.717, 1.165) is 42.7 Å². The molecule has 0 spiro atoms. The van der Waals surface area contributed by atoms with Gasteiger partial charge in [-0.2, -0.15) is 0 Å². The molecule has 0 unspecified atom stereocenters. The van der Waals surface area contributed by atoms with Crippen LogP contribution in [0, 0.1) is 0 Å². The van der Waals surface area contributed by atoms with E-state index in [0.29, 0.717) is 16.5 Å². The van der Waals surface area contributed by atoms with Gasteiger partial charge in [0.25, 0.3) is 10.0 Å². The zero-order valence-electron chi connectivity index (χ0n) is 20.6. The summed E-state index contributed by atoms with van der Waals surface area (Å²) in [5, 5.41) is 3.30. The number of nitrogens with zero attached hydrogens (tertiary/aromatic N) is 2. The van der Waals surface area contributed by atoms with E-state index in [2.05, 4.69) is 10.2 Å². The Morgan fingerprint density at radius 1 is 0.973 bits per heavy atom. The van der Waals surface area contributed by atoms with Gasteiger partial charge >= 0.3 is 0 Å². The summed E-state index contributed by atoms with van der Waals surface area (Å²) < 4.78 is 38.6. The van der Waals surface area contributed by atoms with Crippen LogP contribution in [0.2, 0.25) is 5.02 Å². The zero-order valence-corrected chi connectivity index (χ0v) is 22.2. The van der Waals surface area contributed by atoms with E-state index >= 15 is 0 Å². The average molecular weight is 544 g/mol. The van der Waals surface area contributed by atoms with Crippen molar-refractivity contribution in [1.29, 1.82) is 0 Å². The summed E-state index contributed by atoms with van der Waals surface area (Å²) >= 11 is 6.00. The Hall–Kier alpha value is -3.11. The molecule has 1 aliphatic heterocycles. The maximum absolute atomic E-state index is 13.5. The molecule has 0 bridgehead atoms. The van der Waals surface area contributed by atoms with Crippen LogP contribution in [-0.4, -0.2) is 59.2 Å². The number of hydrogen-bond donors (Lipinski definition) is 1. The Morgan fingerprint density at radius 3 is 2.22 bits per heavy atom. The minimum atomic E-state index is -4.03. The Balaban J connectivity index is 1.43. The molecular formula is C27H30ClN3O5S. The highest BCUT2D eigenvalue weighted by Gasteiger charge is 2.27. The van der Waals surface area contributed by atoms with Crippen molar-refractivity contribution in [3.8, 4) is 5.75 Å². The second-order valence-corrected chi connectivity index (χ2v) is 10.9. The lowest BCUT2D eigenvalue weighted by Gasteiger charge is -2.26. The number of ether oxygens (including phenoxy) is 2. The van der Waals surface area contributed by atoms with Gasteiger partial charge in [-0.3, -0.25) is 14.0 Å². The van der Waals surface area contributed by atoms with E-state index in [1.165, 1.54) is 24.8 Å². The molecule has 1 aliphatic rings. The first-order valence-corrected chi connectivity index (χ1v) is 13.7. The van der Waals surface area contributed by atoms with Crippen molar-refractivity contribution >= 4 is 33.2 Å². The zero-order chi connectivity index (χ0) is 26.3. The van der Waals surface area contributed by atoms with Crippen molar-refractivity contribution in [2.24, 2.45) is 0 Å². The molecule has 10 heteroatoms. The third-order valence-electron chi connectivity index (χ3n) is 6.07. The van der Waals surface area contributed by atoms with E-state index in [4.69, 9.17) is 21.1 Å². The summed E-state index contributed by atoms with van der Waals surface area (Å²) in [4.78, 5) is 15.3. The summed E-state index contributed by atoms with van der Waals surface area (Å²) in [6, 6.07) is 20.4. The normalized spacial score (nSPS) is 14.2. The molecule has 1 saturated heterocycles. The van der Waals surface area contributed by atoms with Crippen LogP contribution in [0.15, 0.2) is 77.7 Å². The second kappa shape index (κ2) is 12.4. The van der Waals surface area contributed by atoms with Crippen molar-refractivity contribution in [2.75, 3.05) is 44.3 Å². The van der Waals surface area contributed by atoms with Crippen LogP contribution in [0.4, 0.5) is 5.69 Å². The van der Waals surface area contributed by atoms with Crippen LogP contribution in [0.5, 0.6) is 5.75 Å². The number of rotatable bonds is 10. The van der Waals surface area contributed by atoms with E-state index in [1.807, 2.05) is 24.3 Å². The first kappa shape index (κ1) is 26.9. The Bertz CT molecular complexity index is 1280. The second-order valence-electron chi connectivity index (χ2n) is 8.65. The fourth-order valence-corrected chi connectivity index (χ4v) is 5.51. The molecule has 1 fully saturated rings. The van der Waals surface area contributed by atoms with E-state index in [9.17, 15) is 13.2 Å². The standard InChI is InChI=1S/C27H30ClN3O5S/c1-35-25-10-12-26(13-11-25)37(33,34)31(24-8-6-23(28)7-9-24)20-27(32)29-18-21-2-4-22(5-3-21)19-30-14-16-36-17-15-30/h2-13H,14-20H2,1H3,(H,29,32). The first-order valence-electron chi connectivity index (χ1n) is 11.9. The molecule has 0 saturated carbocycles. The van der Waals surface area contributed by atoms with Crippen molar-refractivity contribution in [3.05, 3.63) is 88.9 Å². The van der Waals surface area contributed by atoms with Crippen LogP contribution < -0.4 is 14.4 Å². The summed E-state index contributed by atoms with van der Waals surface area (Å²) in [5.41, 5.74) is 2.45. The number of hydrogen-bond acceptors (Lipinski definition) is 6. The Morgan fingerprint density at radius 2 is 1.59 bits per heavy atom. The summed E-state index contributed by atoms with van der Waals surface area (Å²) in [6.45, 7) is 4.10. The minimum Gasteiger partial charge on any atom is -0.497 e. The Labute approximate surface area is 222 Å². The lowest BCUT2D eigenvalue weighted by molar-refractivity contribution is -0.119. The van der Waals surface area contributed by atoms with Crippen LogP contribution in [0.1, 0.15) is 11.1 Å². The highest BCUT2D eigenvalue weighted by Crippen LogP contribution is 2.26. The van der Waals surface area contributed by atoms with E-state index in [1.54, 1.807) is 36.4 Å². The van der Waals surface area contributed by atoms with Crippen molar-refractivity contribution in [1.82, 2.24) is 10.2 Å². The van der Waals surface area contributed by atoms with Gasteiger partial charge in [0.05, 0.1) is 30.9 Å². The number of carbonyl (C=O) groups is 1. The summed E-state index contributed by atoms with van der Waals surface area (Å²) in [6.07, 6.45) is 0. The molecule has 3 aromatic rings. The van der Waals surface area contributed by atoms with Gasteiger partial charge in [0.2, 0.25) is 5.91 Å². The van der Waals surface area contributed by atoms with E-state index < -0.39 is 15.9 Å². The lowest BCUT2D eigenvalue weighted by atomic mass is 10.1. The van der Waals surface area contributed by atoms with Gasteiger partial charge < -0.3 is 14.8 Å². The number of sulfonamides is 1. The molecule has 1 N–H and O–H groups in total. The van der Waals surface area contributed by atoms with Gasteiger partial charge in [-0.15, -0.1) is 0 Å². The van der Waals surface area contributed by atoms with E-state index in [-0.39, 0.29) is 18.0 Å². The first-order chi connectivity index (χ1) is 17.8. The number of amides is 1. The molecule has 37 heavy (non-hydrogen) atoms. The van der Waals surface area contributed by atoms with Gasteiger partial charge in [-0.1, -0.05) is 35.9 Å². The highest BCUT2D eigenvalue weighted by molar-refractivity contribution is 7.92. The average Bonchev–Trinajstić information content (AvgIpc) is 2.92. The quantitative estimate of drug-likeness (QED) is 0.419. The number of anilines is 1. The molecule has 4 rings (SSSR count). The fraction of sp³-hybridized carbons (Fsp3) is 0.296.